The average Bonchev–Trinajstić information content (AvgIpc) is 3.31. The average molecular weight is 392 g/mol. The van der Waals surface area contributed by atoms with Crippen molar-refractivity contribution in [2.45, 2.75) is 63.0 Å². The fourth-order valence-electron chi connectivity index (χ4n) is 3.40. The molecule has 2 aromatic rings. The number of hydrogen-bond acceptors (Lipinski definition) is 4. The van der Waals surface area contributed by atoms with Gasteiger partial charge in [-0.15, -0.1) is 0 Å². The lowest BCUT2D eigenvalue weighted by Crippen LogP contribution is -2.26. The molecule has 0 spiro atoms. The molecule has 0 aliphatic heterocycles. The molecule has 1 saturated carbocycles. The molecule has 1 N–H and O–H groups in total. The molecule has 0 saturated heterocycles. The number of rotatable bonds is 9. The fourth-order valence-corrected chi connectivity index (χ4v) is 4.63. The first-order chi connectivity index (χ1) is 13.0. The van der Waals surface area contributed by atoms with Gasteiger partial charge in [0.25, 0.3) is 0 Å². The third-order valence-electron chi connectivity index (χ3n) is 4.80. The van der Waals surface area contributed by atoms with Gasteiger partial charge < -0.3 is 4.74 Å². The summed E-state index contributed by atoms with van der Waals surface area (Å²) in [5.74, 6) is 0. The van der Waals surface area contributed by atoms with Crippen LogP contribution in [0.2, 0.25) is 0 Å². The molecule has 1 aromatic carbocycles. The van der Waals surface area contributed by atoms with Crippen molar-refractivity contribution in [3.8, 4) is 11.3 Å². The van der Waals surface area contributed by atoms with Gasteiger partial charge in [-0.1, -0.05) is 43.2 Å². The Balaban J connectivity index is 1.81. The third kappa shape index (κ3) is 5.18. The van der Waals surface area contributed by atoms with Crippen LogP contribution in [-0.4, -0.2) is 37.5 Å². The third-order valence-corrected chi connectivity index (χ3v) is 6.26. The molecule has 0 amide bonds. The standard InChI is InChI=1S/C20H29N3O3S/c1-16(2)26-14-8-13-21-27(24,25)19-15-23(18-11-6-7-12-18)22-20(19)17-9-4-3-5-10-17/h3-5,9-10,15-16,18,21H,6-8,11-14H2,1-2H3. The molecule has 0 bridgehead atoms. The van der Waals surface area contributed by atoms with Gasteiger partial charge >= 0.3 is 0 Å². The molecule has 1 aliphatic carbocycles. The van der Waals surface area contributed by atoms with E-state index in [0.717, 1.165) is 18.4 Å². The molecule has 0 unspecified atom stereocenters. The minimum atomic E-state index is -3.64. The number of sulfonamides is 1. The molecule has 6 nitrogen and oxygen atoms in total. The van der Waals surface area contributed by atoms with Crippen molar-refractivity contribution >= 4 is 10.0 Å². The van der Waals surface area contributed by atoms with Crippen LogP contribution in [0.4, 0.5) is 0 Å². The van der Waals surface area contributed by atoms with E-state index >= 15 is 0 Å². The van der Waals surface area contributed by atoms with Crippen molar-refractivity contribution in [3.05, 3.63) is 36.5 Å². The first-order valence-corrected chi connectivity index (χ1v) is 11.2. The maximum absolute atomic E-state index is 12.9. The van der Waals surface area contributed by atoms with Crippen LogP contribution in [0.5, 0.6) is 0 Å². The lowest BCUT2D eigenvalue weighted by molar-refractivity contribution is 0.0778. The van der Waals surface area contributed by atoms with Crippen LogP contribution in [0.25, 0.3) is 11.3 Å². The van der Waals surface area contributed by atoms with Crippen molar-refractivity contribution in [3.63, 3.8) is 0 Å². The monoisotopic (exact) mass is 391 g/mol. The number of ether oxygens (including phenoxy) is 1. The second kappa shape index (κ2) is 8.99. The van der Waals surface area contributed by atoms with Crippen LogP contribution >= 0.6 is 0 Å². The first-order valence-electron chi connectivity index (χ1n) is 9.73. The summed E-state index contributed by atoms with van der Waals surface area (Å²) in [5, 5.41) is 4.67. The molecule has 148 valence electrons. The topological polar surface area (TPSA) is 73.2 Å². The normalized spacial score (nSPS) is 15.7. The Bertz CT molecular complexity index is 825. The molecular weight excluding hydrogens is 362 g/mol. The van der Waals surface area contributed by atoms with Crippen LogP contribution < -0.4 is 4.72 Å². The van der Waals surface area contributed by atoms with Gasteiger partial charge in [0.2, 0.25) is 10.0 Å². The molecule has 7 heteroatoms. The van der Waals surface area contributed by atoms with Crippen LogP contribution in [0.15, 0.2) is 41.4 Å². The van der Waals surface area contributed by atoms with E-state index in [1.807, 2.05) is 48.9 Å². The van der Waals surface area contributed by atoms with Crippen LogP contribution in [0.3, 0.4) is 0 Å². The molecule has 27 heavy (non-hydrogen) atoms. The van der Waals surface area contributed by atoms with E-state index in [-0.39, 0.29) is 17.0 Å². The van der Waals surface area contributed by atoms with Gasteiger partial charge in [0, 0.05) is 24.9 Å². The second-order valence-electron chi connectivity index (χ2n) is 7.30. The molecule has 0 radical (unpaired) electrons. The van der Waals surface area contributed by atoms with Crippen molar-refractivity contribution in [2.75, 3.05) is 13.2 Å². The van der Waals surface area contributed by atoms with E-state index in [9.17, 15) is 8.42 Å². The van der Waals surface area contributed by atoms with E-state index in [2.05, 4.69) is 9.82 Å². The Morgan fingerprint density at radius 2 is 1.93 bits per heavy atom. The predicted octanol–water partition coefficient (Wildman–Crippen LogP) is 3.76. The van der Waals surface area contributed by atoms with Crippen LogP contribution in [0, 0.1) is 0 Å². The summed E-state index contributed by atoms with van der Waals surface area (Å²) in [6.07, 6.45) is 6.92. The van der Waals surface area contributed by atoms with Gasteiger partial charge in [-0.2, -0.15) is 5.10 Å². The molecule has 3 rings (SSSR count). The summed E-state index contributed by atoms with van der Waals surface area (Å²) >= 11 is 0. The van der Waals surface area contributed by atoms with Crippen molar-refractivity contribution in [1.29, 1.82) is 0 Å². The van der Waals surface area contributed by atoms with Crippen LogP contribution in [-0.2, 0) is 14.8 Å². The predicted molar refractivity (Wildman–Crippen MR) is 106 cm³/mol. The lowest BCUT2D eigenvalue weighted by Gasteiger charge is -2.09. The van der Waals surface area contributed by atoms with Crippen LogP contribution in [0.1, 0.15) is 52.0 Å². The SMILES string of the molecule is CC(C)OCCCNS(=O)(=O)c1cn(C2CCCC2)nc1-c1ccccc1. The number of hydrogen-bond donors (Lipinski definition) is 1. The maximum Gasteiger partial charge on any atom is 0.244 e. The van der Waals surface area contributed by atoms with Gasteiger partial charge in [-0.25, -0.2) is 13.1 Å². The summed E-state index contributed by atoms with van der Waals surface area (Å²) in [4.78, 5) is 0.255. The lowest BCUT2D eigenvalue weighted by atomic mass is 10.2. The minimum absolute atomic E-state index is 0.149. The molecule has 1 fully saturated rings. The van der Waals surface area contributed by atoms with Gasteiger partial charge in [0.1, 0.15) is 10.6 Å². The Morgan fingerprint density at radius 3 is 2.59 bits per heavy atom. The van der Waals surface area contributed by atoms with Gasteiger partial charge in [-0.05, 0) is 33.1 Å². The number of benzene rings is 1. The van der Waals surface area contributed by atoms with Gasteiger partial charge in [0.15, 0.2) is 0 Å². The molecule has 1 aliphatic rings. The Labute approximate surface area is 162 Å². The zero-order valence-electron chi connectivity index (χ0n) is 16.1. The van der Waals surface area contributed by atoms with Crippen molar-refractivity contribution in [1.82, 2.24) is 14.5 Å². The molecule has 1 aromatic heterocycles. The largest absolute Gasteiger partial charge is 0.379 e. The first kappa shape index (κ1) is 20.0. The molecule has 1 heterocycles. The summed E-state index contributed by atoms with van der Waals surface area (Å²) in [6.45, 7) is 4.81. The molecule has 0 atom stereocenters. The van der Waals surface area contributed by atoms with Crippen molar-refractivity contribution < 1.29 is 13.2 Å². The highest BCUT2D eigenvalue weighted by Gasteiger charge is 2.26. The van der Waals surface area contributed by atoms with E-state index in [0.29, 0.717) is 25.3 Å². The molecular formula is C20H29N3O3S. The number of nitrogens with one attached hydrogen (secondary N) is 1. The highest BCUT2D eigenvalue weighted by Crippen LogP contribution is 2.33. The Hall–Kier alpha value is -1.70. The smallest absolute Gasteiger partial charge is 0.244 e. The van der Waals surface area contributed by atoms with E-state index in [1.54, 1.807) is 6.20 Å². The number of aromatic nitrogens is 2. The van der Waals surface area contributed by atoms with E-state index < -0.39 is 10.0 Å². The summed E-state index contributed by atoms with van der Waals surface area (Å²) in [7, 11) is -3.64. The van der Waals surface area contributed by atoms with Crippen molar-refractivity contribution in [2.24, 2.45) is 0 Å². The van der Waals surface area contributed by atoms with Gasteiger partial charge in [0.05, 0.1) is 12.1 Å². The highest BCUT2D eigenvalue weighted by atomic mass is 32.2. The number of nitrogens with zero attached hydrogens (tertiary/aromatic N) is 2. The quantitative estimate of drug-likeness (QED) is 0.661. The van der Waals surface area contributed by atoms with E-state index in [4.69, 9.17) is 4.74 Å². The summed E-state index contributed by atoms with van der Waals surface area (Å²) < 4.78 is 35.9. The maximum atomic E-state index is 12.9. The minimum Gasteiger partial charge on any atom is -0.379 e. The second-order valence-corrected chi connectivity index (χ2v) is 9.03. The Kier molecular flexibility index (Phi) is 6.68. The Morgan fingerprint density at radius 1 is 1.22 bits per heavy atom. The highest BCUT2D eigenvalue weighted by molar-refractivity contribution is 7.89. The summed E-state index contributed by atoms with van der Waals surface area (Å²) in [6, 6.07) is 9.80. The zero-order chi connectivity index (χ0) is 19.3. The fraction of sp³-hybridized carbons (Fsp3) is 0.550. The van der Waals surface area contributed by atoms with Gasteiger partial charge in [-0.3, -0.25) is 4.68 Å². The summed E-state index contributed by atoms with van der Waals surface area (Å²) in [5.41, 5.74) is 1.34. The van der Waals surface area contributed by atoms with E-state index in [1.165, 1.54) is 12.8 Å². The zero-order valence-corrected chi connectivity index (χ0v) is 16.9.